The van der Waals surface area contributed by atoms with Crippen molar-refractivity contribution in [2.75, 3.05) is 0 Å². The van der Waals surface area contributed by atoms with E-state index in [-0.39, 0.29) is 37.9 Å². The Labute approximate surface area is 654 Å². The third kappa shape index (κ3) is 17.5. The van der Waals surface area contributed by atoms with E-state index in [2.05, 4.69) is 476 Å². The number of rotatable bonds is 15. The van der Waals surface area contributed by atoms with Crippen LogP contribution in [0.25, 0.3) is 0 Å². The van der Waals surface area contributed by atoms with Crippen molar-refractivity contribution in [3.05, 3.63) is 426 Å². The molecule has 0 aromatic heterocycles. The van der Waals surface area contributed by atoms with Gasteiger partial charge >= 0.3 is 0 Å². The van der Waals surface area contributed by atoms with Gasteiger partial charge in [0.25, 0.3) is 0 Å². The van der Waals surface area contributed by atoms with Crippen molar-refractivity contribution < 1.29 is 0 Å². The second-order valence-electron chi connectivity index (χ2n) is 37.6. The summed E-state index contributed by atoms with van der Waals surface area (Å²) in [6.45, 7) is 54.7. The summed E-state index contributed by atoms with van der Waals surface area (Å²) >= 11 is 0. The van der Waals surface area contributed by atoms with Gasteiger partial charge in [0.2, 0.25) is 0 Å². The maximum absolute atomic E-state index is 2.37. The summed E-state index contributed by atoms with van der Waals surface area (Å²) in [6, 6.07) is 117. The highest BCUT2D eigenvalue weighted by atomic mass is 14.4. The van der Waals surface area contributed by atoms with Gasteiger partial charge in [0.05, 0.1) is 16.2 Å². The highest BCUT2D eigenvalue weighted by molar-refractivity contribution is 5.65. The number of hydrogen-bond acceptors (Lipinski definition) is 0. The van der Waals surface area contributed by atoms with E-state index in [0.717, 1.165) is 0 Å². The summed E-state index contributed by atoms with van der Waals surface area (Å²) in [5.41, 5.74) is 27.1. The van der Waals surface area contributed by atoms with E-state index in [9.17, 15) is 0 Å². The topological polar surface area (TPSA) is 0 Å². The van der Waals surface area contributed by atoms with Gasteiger partial charge in [0.15, 0.2) is 0 Å². The highest BCUT2D eigenvalue weighted by Gasteiger charge is 2.42. The van der Waals surface area contributed by atoms with E-state index < -0.39 is 10.8 Å². The number of benzene rings is 12. The smallest absolute Gasteiger partial charge is 0.0622 e. The van der Waals surface area contributed by atoms with Crippen LogP contribution in [-0.4, -0.2) is 0 Å². The maximum atomic E-state index is 2.37. The molecule has 0 spiro atoms. The van der Waals surface area contributed by atoms with E-state index in [4.69, 9.17) is 0 Å². The summed E-state index contributed by atoms with van der Waals surface area (Å²) in [7, 11) is 0. The quantitative estimate of drug-likeness (QED) is 0.0898. The van der Waals surface area contributed by atoms with Crippen LogP contribution >= 0.6 is 0 Å². The number of hydrogen-bond donors (Lipinski definition) is 0. The first-order chi connectivity index (χ1) is 50.8. The van der Waals surface area contributed by atoms with Crippen LogP contribution in [0, 0.1) is 0 Å². The van der Waals surface area contributed by atoms with Gasteiger partial charge in [-0.3, -0.25) is 0 Å². The van der Waals surface area contributed by atoms with Crippen molar-refractivity contribution in [3.63, 3.8) is 0 Å². The fourth-order valence-corrected chi connectivity index (χ4v) is 15.7. The van der Waals surface area contributed by atoms with Gasteiger partial charge < -0.3 is 0 Å². The van der Waals surface area contributed by atoms with Gasteiger partial charge in [-0.15, -0.1) is 0 Å². The molecule has 0 heteroatoms. The first-order valence-corrected chi connectivity index (χ1v) is 40.0. The van der Waals surface area contributed by atoms with Crippen molar-refractivity contribution in [1.29, 1.82) is 0 Å². The second kappa shape index (κ2) is 32.4. The molecular formula is C108H126. The van der Waals surface area contributed by atoms with E-state index in [0.29, 0.717) is 17.8 Å². The minimum Gasteiger partial charge on any atom is -0.0622 e. The average molecular weight is 1420 g/mol. The Morgan fingerprint density at radius 3 is 0.343 bits per heavy atom. The van der Waals surface area contributed by atoms with Crippen molar-refractivity contribution in [1.82, 2.24) is 0 Å². The summed E-state index contributed by atoms with van der Waals surface area (Å²) < 4.78 is 0. The molecule has 0 fully saturated rings. The predicted molar refractivity (Wildman–Crippen MR) is 469 cm³/mol. The third-order valence-corrected chi connectivity index (χ3v) is 22.8. The summed E-state index contributed by atoms with van der Waals surface area (Å²) in [5, 5.41) is 0. The van der Waals surface area contributed by atoms with Gasteiger partial charge in [0, 0.05) is 0 Å². The van der Waals surface area contributed by atoms with Crippen LogP contribution in [0.1, 0.15) is 301 Å². The van der Waals surface area contributed by atoms with Gasteiger partial charge in [0.1, 0.15) is 0 Å². The molecule has 108 heavy (non-hydrogen) atoms. The Morgan fingerprint density at radius 1 is 0.130 bits per heavy atom. The van der Waals surface area contributed by atoms with E-state index >= 15 is 0 Å². The Bertz CT molecular complexity index is 4320. The summed E-state index contributed by atoms with van der Waals surface area (Å²) in [6.07, 6.45) is 0. The van der Waals surface area contributed by atoms with Gasteiger partial charge in [-0.05, 0) is 167 Å². The lowest BCUT2D eigenvalue weighted by Crippen LogP contribution is -2.32. The first-order valence-electron chi connectivity index (χ1n) is 40.0. The predicted octanol–water partition coefficient (Wildman–Crippen LogP) is 29.4. The fourth-order valence-electron chi connectivity index (χ4n) is 15.7. The normalized spacial score (nSPS) is 12.7. The highest BCUT2D eigenvalue weighted by Crippen LogP contribution is 2.50. The molecule has 0 bridgehead atoms. The van der Waals surface area contributed by atoms with Crippen molar-refractivity contribution in [2.24, 2.45) is 0 Å². The Morgan fingerprint density at radius 2 is 0.231 bits per heavy atom. The van der Waals surface area contributed by atoms with Crippen LogP contribution in [-0.2, 0) is 48.7 Å². The van der Waals surface area contributed by atoms with Gasteiger partial charge in [-0.1, -0.05) is 476 Å². The zero-order valence-corrected chi connectivity index (χ0v) is 70.2. The van der Waals surface area contributed by atoms with Crippen LogP contribution in [0.2, 0.25) is 0 Å². The Balaban J connectivity index is 0.000000175. The lowest BCUT2D eigenvalue weighted by atomic mass is 9.64. The molecule has 0 N–H and O–H groups in total. The molecule has 12 rings (SSSR count). The van der Waals surface area contributed by atoms with Gasteiger partial charge in [-0.2, -0.15) is 0 Å². The van der Waals surface area contributed by atoms with E-state index in [1.807, 2.05) is 0 Å². The molecule has 0 heterocycles. The monoisotopic (exact) mass is 1420 g/mol. The molecular weight excluding hydrogens is 1300 g/mol. The largest absolute Gasteiger partial charge is 0.0701 e. The van der Waals surface area contributed by atoms with Crippen LogP contribution in [0.5, 0.6) is 0 Å². The zero-order chi connectivity index (χ0) is 78.4. The van der Waals surface area contributed by atoms with Crippen molar-refractivity contribution in [2.45, 2.75) is 233 Å². The molecule has 0 nitrogen and oxygen atoms in total. The summed E-state index contributed by atoms with van der Waals surface area (Å²) in [5.74, 6) is 1.50. The van der Waals surface area contributed by atoms with Crippen LogP contribution in [0.15, 0.2) is 309 Å². The standard InChI is InChI=1S/C41H52.C38H46.C29H28/c1-37(2,3)29-13-21-33(22-14-29)41(34-23-15-30(16-24-34)38(4,5)6,35-25-17-31(18-26-35)39(7,8)9)36-27-19-32(20-28-36)40(10,11)12;1-26(2)29-10-16-33(17-11-29)38(34-18-12-30(13-19-34)27(3)4,35-20-14-31(15-21-35)28(5)6)36-24-22-32(23-25-36)37(7,8)9;1-28(2,3)23-19-21-27(22-20-23)29(24-13-7-4-8-14-24,25-15-9-5-10-16-25)26-17-11-6-12-18-26/h13-28H,1-12H3;10-28H,1-9H3;4-22H,1-3H3. The zero-order valence-electron chi connectivity index (χ0n) is 70.2. The van der Waals surface area contributed by atoms with Gasteiger partial charge in [-0.25, -0.2) is 0 Å². The molecule has 0 unspecified atom stereocenters. The molecule has 558 valence electrons. The molecule has 0 atom stereocenters. The molecule has 0 radical (unpaired) electrons. The minimum absolute atomic E-state index is 0.0955. The minimum atomic E-state index is -0.459. The summed E-state index contributed by atoms with van der Waals surface area (Å²) in [4.78, 5) is 0. The molecule has 0 aliphatic carbocycles. The van der Waals surface area contributed by atoms with Crippen molar-refractivity contribution >= 4 is 0 Å². The molecule has 0 amide bonds. The third-order valence-electron chi connectivity index (χ3n) is 22.8. The van der Waals surface area contributed by atoms with Crippen LogP contribution in [0.4, 0.5) is 0 Å². The molecule has 0 saturated carbocycles. The van der Waals surface area contributed by atoms with Crippen LogP contribution in [0.3, 0.4) is 0 Å². The van der Waals surface area contributed by atoms with E-state index in [1.54, 1.807) is 0 Å². The molecule has 12 aromatic carbocycles. The Kier molecular flexibility index (Phi) is 24.4. The lowest BCUT2D eigenvalue weighted by molar-refractivity contribution is 0.586. The second-order valence-corrected chi connectivity index (χ2v) is 37.6. The van der Waals surface area contributed by atoms with Crippen molar-refractivity contribution in [3.8, 4) is 0 Å². The Hall–Kier alpha value is -9.36. The van der Waals surface area contributed by atoms with E-state index in [1.165, 1.54) is 117 Å². The molecule has 0 aliphatic heterocycles. The SMILES string of the molecule is CC(C)(C)c1ccc(C(c2ccc(C(C)(C)C)cc2)(c2ccc(C(C)(C)C)cc2)c2ccc(C(C)(C)C)cc2)cc1.CC(C)(C)c1ccc(C(c2ccccc2)(c2ccccc2)c2ccccc2)cc1.CC(C)c1ccc(C(c2ccc(C(C)C)cc2)(c2ccc(C(C)C)cc2)c2ccc(C(C)(C)C)cc2)cc1. The molecule has 0 aliphatic rings. The lowest BCUT2D eigenvalue weighted by Gasteiger charge is -2.38. The first kappa shape index (κ1) is 81.2. The molecule has 12 aromatic rings. The molecule has 0 saturated heterocycles. The fraction of sp³-hybridized carbons (Fsp3) is 0.333. The van der Waals surface area contributed by atoms with Crippen LogP contribution < -0.4 is 0 Å². The maximum Gasteiger partial charge on any atom is 0.0701 e. The average Bonchev–Trinajstić information content (AvgIpc) is 0.740.